The highest BCUT2D eigenvalue weighted by molar-refractivity contribution is 6.04. The molecule has 92 valence electrons. The Morgan fingerprint density at radius 1 is 1.05 bits per heavy atom. The maximum absolute atomic E-state index is 12.1. The largest absolute Gasteiger partial charge is 0.439 e. The number of amides is 1. The van der Waals surface area contributed by atoms with Crippen molar-refractivity contribution in [2.24, 2.45) is 0 Å². The summed E-state index contributed by atoms with van der Waals surface area (Å²) in [5, 5.41) is 2.85. The van der Waals surface area contributed by atoms with Crippen LogP contribution in [0.5, 0.6) is 0 Å². The van der Waals surface area contributed by atoms with Gasteiger partial charge < -0.3 is 9.73 Å². The SMILES string of the molecule is O=C1Nc2ccccc2C1c1nc2ccccc2o1. The van der Waals surface area contributed by atoms with E-state index in [1.165, 1.54) is 0 Å². The quantitative estimate of drug-likeness (QED) is 0.722. The van der Waals surface area contributed by atoms with Crippen molar-refractivity contribution in [1.82, 2.24) is 4.98 Å². The molecular formula is C15H10N2O2. The molecule has 0 aliphatic carbocycles. The van der Waals surface area contributed by atoms with E-state index in [2.05, 4.69) is 10.3 Å². The van der Waals surface area contributed by atoms with Crippen LogP contribution >= 0.6 is 0 Å². The first-order chi connectivity index (χ1) is 9.33. The second kappa shape index (κ2) is 3.68. The van der Waals surface area contributed by atoms with Crippen LogP contribution in [0.2, 0.25) is 0 Å². The first kappa shape index (κ1) is 10.3. The molecule has 2 heterocycles. The van der Waals surface area contributed by atoms with Crippen molar-refractivity contribution in [3.8, 4) is 0 Å². The molecule has 4 heteroatoms. The van der Waals surface area contributed by atoms with Gasteiger partial charge in [-0.3, -0.25) is 4.79 Å². The summed E-state index contributed by atoms with van der Waals surface area (Å²) < 4.78 is 5.71. The van der Waals surface area contributed by atoms with E-state index in [0.29, 0.717) is 11.5 Å². The molecule has 1 atom stereocenters. The zero-order valence-corrected chi connectivity index (χ0v) is 9.96. The van der Waals surface area contributed by atoms with Crippen LogP contribution in [-0.2, 0) is 4.79 Å². The van der Waals surface area contributed by atoms with Gasteiger partial charge in [0.25, 0.3) is 0 Å². The van der Waals surface area contributed by atoms with Gasteiger partial charge in [0.2, 0.25) is 11.8 Å². The summed E-state index contributed by atoms with van der Waals surface area (Å²) in [6.45, 7) is 0. The zero-order chi connectivity index (χ0) is 12.8. The van der Waals surface area contributed by atoms with Gasteiger partial charge in [0, 0.05) is 5.69 Å². The summed E-state index contributed by atoms with van der Waals surface area (Å²) in [5.74, 6) is -0.0972. The van der Waals surface area contributed by atoms with Crippen molar-refractivity contribution in [3.63, 3.8) is 0 Å². The average molecular weight is 250 g/mol. The van der Waals surface area contributed by atoms with Gasteiger partial charge in [0.1, 0.15) is 11.4 Å². The Kier molecular flexibility index (Phi) is 2.00. The number of aromatic nitrogens is 1. The predicted molar refractivity (Wildman–Crippen MR) is 70.9 cm³/mol. The van der Waals surface area contributed by atoms with Crippen molar-refractivity contribution >= 4 is 22.7 Å². The number of nitrogens with one attached hydrogen (secondary N) is 1. The fraction of sp³-hybridized carbons (Fsp3) is 0.0667. The first-order valence-corrected chi connectivity index (χ1v) is 6.08. The lowest BCUT2D eigenvalue weighted by Gasteiger charge is -2.02. The first-order valence-electron chi connectivity index (χ1n) is 6.08. The molecule has 0 bridgehead atoms. The van der Waals surface area contributed by atoms with E-state index in [4.69, 9.17) is 4.42 Å². The van der Waals surface area contributed by atoms with Crippen LogP contribution in [0.3, 0.4) is 0 Å². The second-order valence-electron chi connectivity index (χ2n) is 4.53. The van der Waals surface area contributed by atoms with Gasteiger partial charge in [-0.15, -0.1) is 0 Å². The Balaban J connectivity index is 1.90. The summed E-state index contributed by atoms with van der Waals surface area (Å²) in [5.41, 5.74) is 3.23. The number of carbonyl (C=O) groups is 1. The lowest BCUT2D eigenvalue weighted by atomic mass is 10.0. The molecular weight excluding hydrogens is 240 g/mol. The van der Waals surface area contributed by atoms with Crippen LogP contribution in [0.4, 0.5) is 5.69 Å². The smallest absolute Gasteiger partial charge is 0.241 e. The Bertz CT molecular complexity index is 758. The molecule has 0 spiro atoms. The minimum Gasteiger partial charge on any atom is -0.439 e. The van der Waals surface area contributed by atoms with Gasteiger partial charge in [-0.05, 0) is 23.8 Å². The Morgan fingerprint density at radius 3 is 2.74 bits per heavy atom. The third kappa shape index (κ3) is 1.46. The van der Waals surface area contributed by atoms with Crippen molar-refractivity contribution in [1.29, 1.82) is 0 Å². The van der Waals surface area contributed by atoms with E-state index in [-0.39, 0.29) is 5.91 Å². The highest BCUT2D eigenvalue weighted by Gasteiger charge is 2.35. The molecule has 0 saturated heterocycles. The molecule has 1 aromatic heterocycles. The molecule has 0 fully saturated rings. The Morgan fingerprint density at radius 2 is 1.84 bits per heavy atom. The van der Waals surface area contributed by atoms with Crippen LogP contribution in [0.1, 0.15) is 17.4 Å². The molecule has 3 aromatic rings. The summed E-state index contributed by atoms with van der Waals surface area (Å²) in [6.07, 6.45) is 0. The number of anilines is 1. The maximum atomic E-state index is 12.1. The standard InChI is InChI=1S/C15H10N2O2/c18-14-13(9-5-1-2-6-10(9)16-14)15-17-11-7-3-4-8-12(11)19-15/h1-8,13H,(H,16,18). The number of fused-ring (bicyclic) bond motifs is 2. The highest BCUT2D eigenvalue weighted by Crippen LogP contribution is 2.37. The van der Waals surface area contributed by atoms with Crippen LogP contribution in [0.25, 0.3) is 11.1 Å². The summed E-state index contributed by atoms with van der Waals surface area (Å²) >= 11 is 0. The fourth-order valence-electron chi connectivity index (χ4n) is 2.47. The lowest BCUT2D eigenvalue weighted by Crippen LogP contribution is -2.13. The van der Waals surface area contributed by atoms with Crippen LogP contribution in [0.15, 0.2) is 52.9 Å². The number of carbonyl (C=O) groups excluding carboxylic acids is 1. The van der Waals surface area contributed by atoms with Crippen molar-refractivity contribution in [3.05, 3.63) is 60.0 Å². The minimum atomic E-state index is -0.455. The average Bonchev–Trinajstić information content (AvgIpc) is 2.97. The molecule has 2 aromatic carbocycles. The normalized spacial score (nSPS) is 17.5. The number of para-hydroxylation sites is 3. The summed E-state index contributed by atoms with van der Waals surface area (Å²) in [6, 6.07) is 15.1. The Hall–Kier alpha value is -2.62. The topological polar surface area (TPSA) is 55.1 Å². The van der Waals surface area contributed by atoms with Gasteiger partial charge in [-0.25, -0.2) is 4.98 Å². The molecule has 0 radical (unpaired) electrons. The van der Waals surface area contributed by atoms with E-state index in [1.807, 2.05) is 48.5 Å². The number of hydrogen-bond donors (Lipinski definition) is 1. The number of oxazole rings is 1. The van der Waals surface area contributed by atoms with Crippen LogP contribution in [0, 0.1) is 0 Å². The number of nitrogens with zero attached hydrogens (tertiary/aromatic N) is 1. The van der Waals surface area contributed by atoms with Gasteiger partial charge in [0.05, 0.1) is 0 Å². The molecule has 1 amide bonds. The zero-order valence-electron chi connectivity index (χ0n) is 9.96. The fourth-order valence-corrected chi connectivity index (χ4v) is 2.47. The van der Waals surface area contributed by atoms with E-state index >= 15 is 0 Å². The van der Waals surface area contributed by atoms with Crippen molar-refractivity contribution in [2.75, 3.05) is 5.32 Å². The van der Waals surface area contributed by atoms with Crippen molar-refractivity contribution in [2.45, 2.75) is 5.92 Å². The minimum absolute atomic E-state index is 0.0900. The van der Waals surface area contributed by atoms with E-state index in [0.717, 1.165) is 16.8 Å². The molecule has 1 N–H and O–H groups in total. The lowest BCUT2D eigenvalue weighted by molar-refractivity contribution is -0.116. The molecule has 0 saturated carbocycles. The van der Waals surface area contributed by atoms with Crippen molar-refractivity contribution < 1.29 is 9.21 Å². The van der Waals surface area contributed by atoms with Gasteiger partial charge >= 0.3 is 0 Å². The predicted octanol–water partition coefficient (Wildman–Crippen LogP) is 2.91. The van der Waals surface area contributed by atoms with Gasteiger partial charge in [-0.1, -0.05) is 30.3 Å². The highest BCUT2D eigenvalue weighted by atomic mass is 16.3. The number of benzene rings is 2. The molecule has 1 aliphatic rings. The Labute approximate surface area is 109 Å². The number of rotatable bonds is 1. The maximum Gasteiger partial charge on any atom is 0.241 e. The van der Waals surface area contributed by atoms with Gasteiger partial charge in [0.15, 0.2) is 5.58 Å². The van der Waals surface area contributed by atoms with Gasteiger partial charge in [-0.2, -0.15) is 0 Å². The van der Waals surface area contributed by atoms with Crippen LogP contribution in [-0.4, -0.2) is 10.9 Å². The number of hydrogen-bond acceptors (Lipinski definition) is 3. The molecule has 1 unspecified atom stereocenters. The second-order valence-corrected chi connectivity index (χ2v) is 4.53. The summed E-state index contributed by atoms with van der Waals surface area (Å²) in [7, 11) is 0. The van der Waals surface area contributed by atoms with E-state index in [9.17, 15) is 4.79 Å². The molecule has 4 rings (SSSR count). The molecule has 4 nitrogen and oxygen atoms in total. The van der Waals surface area contributed by atoms with E-state index < -0.39 is 5.92 Å². The monoisotopic (exact) mass is 250 g/mol. The molecule has 19 heavy (non-hydrogen) atoms. The third-order valence-corrected chi connectivity index (χ3v) is 3.35. The van der Waals surface area contributed by atoms with E-state index in [1.54, 1.807) is 0 Å². The van der Waals surface area contributed by atoms with Crippen LogP contribution < -0.4 is 5.32 Å². The molecule has 1 aliphatic heterocycles. The third-order valence-electron chi connectivity index (χ3n) is 3.35. The summed E-state index contributed by atoms with van der Waals surface area (Å²) in [4.78, 5) is 16.5.